The van der Waals surface area contributed by atoms with Crippen LogP contribution in [0.25, 0.3) is 0 Å². The monoisotopic (exact) mass is 362 g/mol. The molecule has 26 heavy (non-hydrogen) atoms. The Bertz CT molecular complexity index is 369. The molecule has 0 aromatic carbocycles. The second-order valence-corrected chi connectivity index (χ2v) is 9.46. The highest BCUT2D eigenvalue weighted by atomic mass is 15.4. The zero-order chi connectivity index (χ0) is 18.0. The van der Waals surface area contributed by atoms with Crippen molar-refractivity contribution in [1.82, 2.24) is 9.80 Å². The Kier molecular flexibility index (Phi) is 9.29. The van der Waals surface area contributed by atoms with Crippen LogP contribution in [-0.4, -0.2) is 41.1 Å². The maximum absolute atomic E-state index is 2.94. The van der Waals surface area contributed by atoms with Crippen LogP contribution in [-0.2, 0) is 0 Å². The average Bonchev–Trinajstić information content (AvgIpc) is 2.69. The van der Waals surface area contributed by atoms with Crippen molar-refractivity contribution >= 4 is 0 Å². The van der Waals surface area contributed by atoms with E-state index in [1.807, 2.05) is 0 Å². The molecule has 0 spiro atoms. The van der Waals surface area contributed by atoms with Crippen molar-refractivity contribution in [3.8, 4) is 0 Å². The van der Waals surface area contributed by atoms with Crippen LogP contribution < -0.4 is 0 Å². The predicted molar refractivity (Wildman–Crippen MR) is 114 cm³/mol. The molecule has 3 saturated heterocycles. The fraction of sp³-hybridized carbons (Fsp3) is 1.00. The van der Waals surface area contributed by atoms with Crippen molar-refractivity contribution in [2.24, 2.45) is 0 Å². The van der Waals surface area contributed by atoms with Gasteiger partial charge in [-0.25, -0.2) is 0 Å². The Balaban J connectivity index is 1.31. The molecule has 0 aromatic heterocycles. The Morgan fingerprint density at radius 3 is 2.00 bits per heavy atom. The van der Waals surface area contributed by atoms with Gasteiger partial charge in [0.2, 0.25) is 0 Å². The molecule has 0 amide bonds. The zero-order valence-electron chi connectivity index (χ0n) is 17.8. The van der Waals surface area contributed by atoms with Crippen molar-refractivity contribution in [1.29, 1.82) is 0 Å². The minimum atomic E-state index is 0.816. The molecule has 0 unspecified atom stereocenters. The summed E-state index contributed by atoms with van der Waals surface area (Å²) in [5.74, 6) is 0. The maximum Gasteiger partial charge on any atom is 0.0627 e. The molecule has 3 aliphatic heterocycles. The summed E-state index contributed by atoms with van der Waals surface area (Å²) in [7, 11) is 0. The highest BCUT2D eigenvalue weighted by molar-refractivity contribution is 4.95. The first-order valence-electron chi connectivity index (χ1n) is 12.4. The Morgan fingerprint density at radius 1 is 0.654 bits per heavy atom. The number of fused-ring (bicyclic) bond motifs is 3. The van der Waals surface area contributed by atoms with Gasteiger partial charge in [-0.2, -0.15) is 0 Å². The van der Waals surface area contributed by atoms with E-state index in [0.717, 1.165) is 18.2 Å². The molecule has 0 saturated carbocycles. The van der Waals surface area contributed by atoms with Crippen molar-refractivity contribution in [2.75, 3.05) is 13.1 Å². The van der Waals surface area contributed by atoms with Crippen LogP contribution in [0.4, 0.5) is 0 Å². The lowest BCUT2D eigenvalue weighted by Gasteiger charge is -2.56. The van der Waals surface area contributed by atoms with Crippen LogP contribution in [0.15, 0.2) is 0 Å². The van der Waals surface area contributed by atoms with E-state index in [4.69, 9.17) is 0 Å². The normalized spacial score (nSPS) is 30.1. The SMILES string of the molecule is CCCCCCCCCCCC[C@@H]1C[C@H]2CCCCN2[C@H]2CCCCN12. The van der Waals surface area contributed by atoms with E-state index < -0.39 is 0 Å². The molecular weight excluding hydrogens is 316 g/mol. The Labute approximate surface area is 164 Å². The lowest BCUT2D eigenvalue weighted by atomic mass is 9.86. The molecule has 0 radical (unpaired) electrons. The smallest absolute Gasteiger partial charge is 0.0627 e. The summed E-state index contributed by atoms with van der Waals surface area (Å²) in [6, 6.07) is 1.84. The first-order valence-corrected chi connectivity index (χ1v) is 12.4. The molecule has 3 heterocycles. The number of hydrogen-bond acceptors (Lipinski definition) is 2. The van der Waals surface area contributed by atoms with Gasteiger partial charge in [-0.05, 0) is 58.0 Å². The van der Waals surface area contributed by atoms with Gasteiger partial charge in [0.1, 0.15) is 0 Å². The summed E-state index contributed by atoms with van der Waals surface area (Å²) in [6.45, 7) is 5.08. The third-order valence-electron chi connectivity index (χ3n) is 7.47. The lowest BCUT2D eigenvalue weighted by molar-refractivity contribution is -0.0998. The average molecular weight is 363 g/mol. The minimum Gasteiger partial charge on any atom is -0.285 e. The lowest BCUT2D eigenvalue weighted by Crippen LogP contribution is -2.64. The molecule has 0 aromatic rings. The molecule has 0 aliphatic carbocycles. The van der Waals surface area contributed by atoms with Crippen LogP contribution >= 0.6 is 0 Å². The van der Waals surface area contributed by atoms with E-state index in [1.165, 1.54) is 129 Å². The summed E-state index contributed by atoms with van der Waals surface area (Å²) in [4.78, 5) is 5.86. The fourth-order valence-corrected chi connectivity index (χ4v) is 5.99. The topological polar surface area (TPSA) is 6.48 Å². The number of unbranched alkanes of at least 4 members (excludes halogenated alkanes) is 9. The van der Waals surface area contributed by atoms with Gasteiger partial charge in [-0.3, -0.25) is 9.80 Å². The summed E-state index contributed by atoms with van der Waals surface area (Å²) >= 11 is 0. The quantitative estimate of drug-likeness (QED) is 0.376. The molecule has 3 rings (SSSR count). The largest absolute Gasteiger partial charge is 0.285 e. The molecule has 0 bridgehead atoms. The summed E-state index contributed by atoms with van der Waals surface area (Å²) < 4.78 is 0. The van der Waals surface area contributed by atoms with E-state index in [2.05, 4.69) is 16.7 Å². The van der Waals surface area contributed by atoms with E-state index in [0.29, 0.717) is 0 Å². The predicted octanol–water partition coefficient (Wildman–Crippen LogP) is 6.74. The number of piperidine rings is 2. The third kappa shape index (κ3) is 5.96. The minimum absolute atomic E-state index is 0.816. The Morgan fingerprint density at radius 2 is 1.27 bits per heavy atom. The summed E-state index contributed by atoms with van der Waals surface area (Å²) in [5, 5.41) is 0. The van der Waals surface area contributed by atoms with Crippen molar-refractivity contribution in [3.63, 3.8) is 0 Å². The van der Waals surface area contributed by atoms with Gasteiger partial charge in [0, 0.05) is 12.1 Å². The van der Waals surface area contributed by atoms with Gasteiger partial charge >= 0.3 is 0 Å². The second-order valence-electron chi connectivity index (χ2n) is 9.46. The molecular formula is C24H46N2. The van der Waals surface area contributed by atoms with Gasteiger partial charge in [0.05, 0.1) is 6.17 Å². The van der Waals surface area contributed by atoms with E-state index >= 15 is 0 Å². The maximum atomic E-state index is 2.94. The Hall–Kier alpha value is -0.0800. The van der Waals surface area contributed by atoms with Crippen LogP contribution in [0.1, 0.15) is 122 Å². The summed E-state index contributed by atoms with van der Waals surface area (Å²) in [6.07, 6.45) is 27.2. The highest BCUT2D eigenvalue weighted by Gasteiger charge is 2.42. The van der Waals surface area contributed by atoms with Crippen molar-refractivity contribution in [3.05, 3.63) is 0 Å². The number of hydrogen-bond donors (Lipinski definition) is 0. The molecule has 2 heteroatoms. The summed E-state index contributed by atoms with van der Waals surface area (Å²) in [5.41, 5.74) is 0. The molecule has 0 N–H and O–H groups in total. The van der Waals surface area contributed by atoms with Crippen LogP contribution in [0.2, 0.25) is 0 Å². The molecule has 2 nitrogen and oxygen atoms in total. The second kappa shape index (κ2) is 11.7. The fourth-order valence-electron chi connectivity index (χ4n) is 5.99. The third-order valence-corrected chi connectivity index (χ3v) is 7.47. The first kappa shape index (κ1) is 20.6. The van der Waals surface area contributed by atoms with Crippen LogP contribution in [0.3, 0.4) is 0 Å². The van der Waals surface area contributed by atoms with Crippen LogP contribution in [0, 0.1) is 0 Å². The van der Waals surface area contributed by atoms with Gasteiger partial charge in [-0.15, -0.1) is 0 Å². The molecule has 3 aliphatic rings. The van der Waals surface area contributed by atoms with E-state index in [1.54, 1.807) is 0 Å². The molecule has 3 atom stereocenters. The standard InChI is InChI=1S/C24H46N2/c1-2-3-4-5-6-7-8-9-10-11-16-22-21-23-17-12-14-19-25(23)24-18-13-15-20-26(22)24/h22-24H,2-21H2,1H3/t22-,23-,24-/m1/s1. The van der Waals surface area contributed by atoms with Crippen molar-refractivity contribution < 1.29 is 0 Å². The molecule has 3 fully saturated rings. The molecule has 152 valence electrons. The van der Waals surface area contributed by atoms with Crippen molar-refractivity contribution in [2.45, 2.75) is 141 Å². The van der Waals surface area contributed by atoms with Gasteiger partial charge in [0.15, 0.2) is 0 Å². The highest BCUT2D eigenvalue weighted by Crippen LogP contribution is 2.37. The van der Waals surface area contributed by atoms with E-state index in [-0.39, 0.29) is 0 Å². The van der Waals surface area contributed by atoms with Gasteiger partial charge in [-0.1, -0.05) is 77.6 Å². The first-order chi connectivity index (χ1) is 12.9. The van der Waals surface area contributed by atoms with E-state index in [9.17, 15) is 0 Å². The number of rotatable bonds is 11. The zero-order valence-corrected chi connectivity index (χ0v) is 17.8. The van der Waals surface area contributed by atoms with Gasteiger partial charge < -0.3 is 0 Å². The van der Waals surface area contributed by atoms with Gasteiger partial charge in [0.25, 0.3) is 0 Å². The van der Waals surface area contributed by atoms with Crippen LogP contribution in [0.5, 0.6) is 0 Å². The number of nitrogens with zero attached hydrogens (tertiary/aromatic N) is 2.